The molecule has 8 nitrogen and oxygen atoms in total. The van der Waals surface area contributed by atoms with Crippen LogP contribution in [-0.2, 0) is 28.9 Å². The number of ether oxygens (including phenoxy) is 2. The topological polar surface area (TPSA) is 69.7 Å². The zero-order valence-electron chi connectivity index (χ0n) is 17.7. The monoisotopic (exact) mass is 408 g/mol. The van der Waals surface area contributed by atoms with Crippen LogP contribution < -0.4 is 0 Å². The fourth-order valence-electron chi connectivity index (χ4n) is 2.85. The van der Waals surface area contributed by atoms with Crippen LogP contribution in [0.5, 0.6) is 0 Å². The maximum Gasteiger partial charge on any atom is 0.337 e. The van der Waals surface area contributed by atoms with Crippen LogP contribution in [0, 0.1) is 0 Å². The summed E-state index contributed by atoms with van der Waals surface area (Å²) in [6.45, 7) is 4.25. The fourth-order valence-corrected chi connectivity index (χ4v) is 2.85. The third-order valence-electron chi connectivity index (χ3n) is 4.56. The summed E-state index contributed by atoms with van der Waals surface area (Å²) in [6.07, 6.45) is 5.74. The number of methoxy groups -OCH3 is 1. The first kappa shape index (κ1) is 23.2. The maximum absolute atomic E-state index is 12.6. The molecule has 0 saturated carbocycles. The van der Waals surface area contributed by atoms with E-state index in [-0.39, 0.29) is 12.6 Å². The summed E-state index contributed by atoms with van der Waals surface area (Å²) >= 11 is 0. The summed E-state index contributed by atoms with van der Waals surface area (Å²) in [5, 5.41) is 2.25. The minimum Gasteiger partial charge on any atom is -0.460 e. The first-order valence-electron chi connectivity index (χ1n) is 10.1. The molecular formula is C21H32N2O6. The molecule has 0 aliphatic carbocycles. The number of nitrogens with zero attached hydrogens (tertiary/aromatic N) is 2. The molecular weight excluding hydrogens is 376 g/mol. The molecule has 0 radical (unpaired) electrons. The van der Waals surface area contributed by atoms with E-state index in [4.69, 9.17) is 24.1 Å². The zero-order chi connectivity index (χ0) is 21.1. The number of hydroxylamine groups is 2. The summed E-state index contributed by atoms with van der Waals surface area (Å²) in [7, 11) is 2.88. The van der Waals surface area contributed by atoms with Gasteiger partial charge in [0.1, 0.15) is 6.10 Å². The summed E-state index contributed by atoms with van der Waals surface area (Å²) in [5.74, 6) is -0.0581. The van der Waals surface area contributed by atoms with E-state index < -0.39 is 12.1 Å². The smallest absolute Gasteiger partial charge is 0.337 e. The Morgan fingerprint density at radius 3 is 2.55 bits per heavy atom. The molecule has 1 aromatic carbocycles. The van der Waals surface area contributed by atoms with Crippen LogP contribution in [0.25, 0.3) is 6.08 Å². The van der Waals surface area contributed by atoms with Crippen molar-refractivity contribution in [3.05, 3.63) is 41.8 Å². The molecule has 8 heteroatoms. The Morgan fingerprint density at radius 1 is 1.17 bits per heavy atom. The van der Waals surface area contributed by atoms with Crippen molar-refractivity contribution in [2.24, 2.45) is 0 Å². The highest BCUT2D eigenvalue weighted by Gasteiger charge is 2.34. The lowest BCUT2D eigenvalue weighted by molar-refractivity contribution is -0.502. The number of carbonyl (C=O) groups is 1. The molecule has 2 atom stereocenters. The van der Waals surface area contributed by atoms with E-state index in [0.717, 1.165) is 43.1 Å². The standard InChI is InChI=1S/C21H32N2O6/c1-5-7-9-14-18(6-2)27-21(24)19(25-3)16-22-20(28-23(26-4)29-22)15-17-12-10-8-11-13-17/h8,10-13,15,18-19H,5-7,9,14,16H2,1-4H3. The highest BCUT2D eigenvalue weighted by molar-refractivity contribution is 5.75. The van der Waals surface area contributed by atoms with Crippen LogP contribution in [-0.4, -0.2) is 49.4 Å². The van der Waals surface area contributed by atoms with E-state index in [9.17, 15) is 4.79 Å². The van der Waals surface area contributed by atoms with Crippen molar-refractivity contribution in [3.8, 4) is 0 Å². The van der Waals surface area contributed by atoms with Crippen LogP contribution in [0.15, 0.2) is 36.2 Å². The molecule has 1 fully saturated rings. The molecule has 29 heavy (non-hydrogen) atoms. The zero-order valence-corrected chi connectivity index (χ0v) is 17.7. The molecule has 0 amide bonds. The summed E-state index contributed by atoms with van der Waals surface area (Å²) < 4.78 is 11.0. The van der Waals surface area contributed by atoms with Crippen LogP contribution in [0.1, 0.15) is 51.5 Å². The van der Waals surface area contributed by atoms with Gasteiger partial charge in [0.05, 0.1) is 13.7 Å². The Hall–Kier alpha value is -2.13. The molecule has 1 aromatic rings. The van der Waals surface area contributed by atoms with Gasteiger partial charge in [0, 0.05) is 13.2 Å². The number of hydrogen-bond acceptors (Lipinski definition) is 8. The highest BCUT2D eigenvalue weighted by Crippen LogP contribution is 2.24. The number of carbonyl (C=O) groups excluding carboxylic acids is 1. The molecule has 1 saturated heterocycles. The second-order valence-corrected chi connectivity index (χ2v) is 6.72. The van der Waals surface area contributed by atoms with Gasteiger partial charge in [-0.05, 0) is 24.8 Å². The Morgan fingerprint density at radius 2 is 1.93 bits per heavy atom. The molecule has 0 N–H and O–H groups in total. The fraction of sp³-hybridized carbons (Fsp3) is 0.571. The molecule has 2 unspecified atom stereocenters. The number of esters is 1. The Bertz CT molecular complexity index is 639. The number of rotatable bonds is 12. The van der Waals surface area contributed by atoms with Gasteiger partial charge in [-0.2, -0.15) is 5.06 Å². The predicted molar refractivity (Wildman–Crippen MR) is 107 cm³/mol. The number of unbranched alkanes of at least 4 members (excludes halogenated alkanes) is 2. The minimum atomic E-state index is -0.838. The largest absolute Gasteiger partial charge is 0.460 e. The predicted octanol–water partition coefficient (Wildman–Crippen LogP) is 3.86. The van der Waals surface area contributed by atoms with E-state index in [1.54, 1.807) is 6.08 Å². The lowest BCUT2D eigenvalue weighted by Crippen LogP contribution is -2.39. The Labute approximate surface area is 172 Å². The first-order chi connectivity index (χ1) is 14.1. The van der Waals surface area contributed by atoms with Crippen molar-refractivity contribution in [2.75, 3.05) is 20.8 Å². The SMILES string of the molecule is CCCCCC(CC)OC(=O)C(CN1ON(OC)OC1=Cc1ccccc1)OC. The molecule has 0 spiro atoms. The summed E-state index contributed by atoms with van der Waals surface area (Å²) in [4.78, 5) is 28.6. The number of benzene rings is 1. The minimum absolute atomic E-state index is 0.0826. The first-order valence-corrected chi connectivity index (χ1v) is 10.1. The van der Waals surface area contributed by atoms with Crippen LogP contribution >= 0.6 is 0 Å². The molecule has 0 bridgehead atoms. The molecule has 162 valence electrons. The van der Waals surface area contributed by atoms with Gasteiger partial charge in [-0.3, -0.25) is 0 Å². The number of hydrogen-bond donors (Lipinski definition) is 0. The van der Waals surface area contributed by atoms with Gasteiger partial charge in [-0.15, -0.1) is 4.94 Å². The van der Waals surface area contributed by atoms with Gasteiger partial charge in [0.2, 0.25) is 5.88 Å². The summed E-state index contributed by atoms with van der Waals surface area (Å²) in [5.41, 5.74) is 0.910. The van der Waals surface area contributed by atoms with E-state index in [2.05, 4.69) is 6.92 Å². The lowest BCUT2D eigenvalue weighted by atomic mass is 10.1. The van der Waals surface area contributed by atoms with Crippen LogP contribution in [0.4, 0.5) is 0 Å². The quantitative estimate of drug-likeness (QED) is 0.381. The van der Waals surface area contributed by atoms with Gasteiger partial charge >= 0.3 is 5.97 Å². The van der Waals surface area contributed by atoms with Crippen molar-refractivity contribution in [2.45, 2.75) is 58.2 Å². The van der Waals surface area contributed by atoms with E-state index >= 15 is 0 Å². The van der Waals surface area contributed by atoms with Gasteiger partial charge in [-0.25, -0.2) is 9.63 Å². The molecule has 1 heterocycles. The van der Waals surface area contributed by atoms with Crippen molar-refractivity contribution in [1.29, 1.82) is 0 Å². The second kappa shape index (κ2) is 12.4. The third-order valence-corrected chi connectivity index (χ3v) is 4.56. The Kier molecular flexibility index (Phi) is 9.93. The van der Waals surface area contributed by atoms with Gasteiger partial charge in [0.25, 0.3) is 0 Å². The van der Waals surface area contributed by atoms with Crippen molar-refractivity contribution >= 4 is 12.0 Å². The van der Waals surface area contributed by atoms with Gasteiger partial charge in [0.15, 0.2) is 11.5 Å². The lowest BCUT2D eigenvalue weighted by Gasteiger charge is -2.22. The van der Waals surface area contributed by atoms with Crippen molar-refractivity contribution in [1.82, 2.24) is 10.5 Å². The second-order valence-electron chi connectivity index (χ2n) is 6.72. The van der Waals surface area contributed by atoms with Gasteiger partial charge in [-0.1, -0.05) is 57.0 Å². The molecule has 1 aliphatic heterocycles. The van der Waals surface area contributed by atoms with Crippen molar-refractivity contribution in [3.63, 3.8) is 0 Å². The average molecular weight is 408 g/mol. The molecule has 1 aliphatic rings. The van der Waals surface area contributed by atoms with Gasteiger partial charge < -0.3 is 14.3 Å². The third kappa shape index (κ3) is 7.32. The van der Waals surface area contributed by atoms with Crippen LogP contribution in [0.3, 0.4) is 0 Å². The average Bonchev–Trinajstić information content (AvgIpc) is 3.13. The van der Waals surface area contributed by atoms with E-state index in [0.29, 0.717) is 5.88 Å². The highest BCUT2D eigenvalue weighted by atomic mass is 17.2. The maximum atomic E-state index is 12.6. The van der Waals surface area contributed by atoms with E-state index in [1.165, 1.54) is 19.3 Å². The normalized spacial score (nSPS) is 17.9. The van der Waals surface area contributed by atoms with E-state index in [1.807, 2.05) is 37.3 Å². The van der Waals surface area contributed by atoms with Crippen LogP contribution in [0.2, 0.25) is 0 Å². The molecule has 2 rings (SSSR count). The Balaban J connectivity index is 2.02. The van der Waals surface area contributed by atoms with Crippen molar-refractivity contribution < 1.29 is 28.9 Å². The molecule has 0 aromatic heterocycles. The summed E-state index contributed by atoms with van der Waals surface area (Å²) in [6, 6.07) is 9.61.